The molecule has 15 heavy (non-hydrogen) atoms. The molecule has 82 valence electrons. The van der Waals surface area contributed by atoms with Crippen LogP contribution in [0.5, 0.6) is 0 Å². The molecule has 2 heterocycles. The number of aromatic nitrogens is 2. The molecular weight excluding hydrogens is 206 g/mol. The zero-order chi connectivity index (χ0) is 10.8. The van der Waals surface area contributed by atoms with Gasteiger partial charge in [0.25, 0.3) is 0 Å². The smallest absolute Gasteiger partial charge is 0.134 e. The van der Waals surface area contributed by atoms with Crippen LogP contribution >= 0.6 is 11.8 Å². The molecule has 1 aromatic rings. The van der Waals surface area contributed by atoms with E-state index in [2.05, 4.69) is 23.8 Å². The Morgan fingerprint density at radius 3 is 2.67 bits per heavy atom. The van der Waals surface area contributed by atoms with Crippen molar-refractivity contribution in [3.63, 3.8) is 0 Å². The van der Waals surface area contributed by atoms with E-state index in [4.69, 9.17) is 5.73 Å². The molecule has 0 unspecified atom stereocenters. The summed E-state index contributed by atoms with van der Waals surface area (Å²) in [5, 5.41) is 0. The van der Waals surface area contributed by atoms with E-state index >= 15 is 0 Å². The fourth-order valence-electron chi connectivity index (χ4n) is 1.93. The standard InChI is InChI=1S/C11H17N3S/c1-3-7(4-2)11-13-9-6-15-5-8(9)10(12)14-11/h7H,3-6H2,1-2H3,(H2,12,13,14). The van der Waals surface area contributed by atoms with Crippen LogP contribution in [0.25, 0.3) is 0 Å². The van der Waals surface area contributed by atoms with Gasteiger partial charge in [-0.15, -0.1) is 0 Å². The summed E-state index contributed by atoms with van der Waals surface area (Å²) in [5.74, 6) is 4.08. The van der Waals surface area contributed by atoms with E-state index in [-0.39, 0.29) is 0 Å². The summed E-state index contributed by atoms with van der Waals surface area (Å²) >= 11 is 1.87. The van der Waals surface area contributed by atoms with Gasteiger partial charge in [0.2, 0.25) is 0 Å². The first-order chi connectivity index (χ1) is 7.26. The van der Waals surface area contributed by atoms with E-state index in [9.17, 15) is 0 Å². The summed E-state index contributed by atoms with van der Waals surface area (Å²) in [6.07, 6.45) is 2.17. The number of hydrogen-bond donors (Lipinski definition) is 1. The van der Waals surface area contributed by atoms with Crippen molar-refractivity contribution in [2.24, 2.45) is 0 Å². The van der Waals surface area contributed by atoms with E-state index in [1.807, 2.05) is 11.8 Å². The SMILES string of the molecule is CCC(CC)c1nc(N)c2c(n1)CSC2. The van der Waals surface area contributed by atoms with Crippen LogP contribution in [0.4, 0.5) is 5.82 Å². The Morgan fingerprint density at radius 1 is 1.27 bits per heavy atom. The van der Waals surface area contributed by atoms with Crippen molar-refractivity contribution >= 4 is 17.6 Å². The number of rotatable bonds is 3. The molecule has 0 bridgehead atoms. The molecule has 1 aliphatic heterocycles. The van der Waals surface area contributed by atoms with Crippen LogP contribution < -0.4 is 5.73 Å². The summed E-state index contributed by atoms with van der Waals surface area (Å²) < 4.78 is 0. The summed E-state index contributed by atoms with van der Waals surface area (Å²) in [5.41, 5.74) is 8.28. The van der Waals surface area contributed by atoms with Gasteiger partial charge in [-0.2, -0.15) is 11.8 Å². The van der Waals surface area contributed by atoms with Crippen LogP contribution in [-0.4, -0.2) is 9.97 Å². The normalized spacial score (nSPS) is 14.6. The molecule has 1 aliphatic rings. The van der Waals surface area contributed by atoms with Crippen LogP contribution in [0.15, 0.2) is 0 Å². The second kappa shape index (κ2) is 4.39. The predicted molar refractivity (Wildman–Crippen MR) is 64.8 cm³/mol. The van der Waals surface area contributed by atoms with Crippen LogP contribution in [0.2, 0.25) is 0 Å². The molecule has 3 nitrogen and oxygen atoms in total. The van der Waals surface area contributed by atoms with Gasteiger partial charge in [0.1, 0.15) is 11.6 Å². The Labute approximate surface area is 94.9 Å². The second-order valence-electron chi connectivity index (χ2n) is 3.90. The van der Waals surface area contributed by atoms with Crippen molar-refractivity contribution in [1.82, 2.24) is 9.97 Å². The van der Waals surface area contributed by atoms with E-state index in [1.165, 1.54) is 0 Å². The van der Waals surface area contributed by atoms with E-state index in [1.54, 1.807) is 0 Å². The molecule has 0 spiro atoms. The molecule has 0 aromatic carbocycles. The van der Waals surface area contributed by atoms with E-state index in [0.29, 0.717) is 11.7 Å². The van der Waals surface area contributed by atoms with Crippen LogP contribution in [0, 0.1) is 0 Å². The lowest BCUT2D eigenvalue weighted by Crippen LogP contribution is -2.09. The molecule has 0 amide bonds. The molecular formula is C11H17N3S. The van der Waals surface area contributed by atoms with Gasteiger partial charge in [0, 0.05) is 23.0 Å². The van der Waals surface area contributed by atoms with Crippen molar-refractivity contribution in [1.29, 1.82) is 0 Å². The maximum Gasteiger partial charge on any atom is 0.134 e. The molecule has 0 saturated heterocycles. The Morgan fingerprint density at radius 2 is 2.00 bits per heavy atom. The lowest BCUT2D eigenvalue weighted by atomic mass is 10.0. The minimum Gasteiger partial charge on any atom is -0.383 e. The predicted octanol–water partition coefficient (Wildman–Crippen LogP) is 2.71. The minimum atomic E-state index is 0.461. The molecule has 2 rings (SSSR count). The maximum atomic E-state index is 5.96. The van der Waals surface area contributed by atoms with Crippen molar-refractivity contribution in [2.75, 3.05) is 5.73 Å². The van der Waals surface area contributed by atoms with Crippen molar-refractivity contribution in [3.05, 3.63) is 17.1 Å². The van der Waals surface area contributed by atoms with Crippen LogP contribution in [0.3, 0.4) is 0 Å². The quantitative estimate of drug-likeness (QED) is 0.856. The fraction of sp³-hybridized carbons (Fsp3) is 0.636. The van der Waals surface area contributed by atoms with Crippen LogP contribution in [0.1, 0.15) is 49.7 Å². The third kappa shape index (κ3) is 1.95. The number of fused-ring (bicyclic) bond motifs is 1. The maximum absolute atomic E-state index is 5.96. The van der Waals surface area contributed by atoms with Gasteiger partial charge in [-0.25, -0.2) is 9.97 Å². The van der Waals surface area contributed by atoms with Crippen molar-refractivity contribution < 1.29 is 0 Å². The number of nitrogen functional groups attached to an aromatic ring is 1. The Balaban J connectivity index is 2.38. The van der Waals surface area contributed by atoms with E-state index < -0.39 is 0 Å². The largest absolute Gasteiger partial charge is 0.383 e. The number of nitrogens with two attached hydrogens (primary N) is 1. The third-order valence-corrected chi connectivity index (χ3v) is 3.95. The van der Waals surface area contributed by atoms with E-state index in [0.717, 1.165) is 41.4 Å². The monoisotopic (exact) mass is 223 g/mol. The summed E-state index contributed by atoms with van der Waals surface area (Å²) in [4.78, 5) is 9.08. The third-order valence-electron chi connectivity index (χ3n) is 2.98. The first kappa shape index (κ1) is 10.7. The van der Waals surface area contributed by atoms with Gasteiger partial charge >= 0.3 is 0 Å². The topological polar surface area (TPSA) is 51.8 Å². The molecule has 0 saturated carbocycles. The highest BCUT2D eigenvalue weighted by atomic mass is 32.2. The summed E-state index contributed by atoms with van der Waals surface area (Å²) in [6.45, 7) is 4.35. The average molecular weight is 223 g/mol. The second-order valence-corrected chi connectivity index (χ2v) is 4.88. The number of nitrogens with zero attached hydrogens (tertiary/aromatic N) is 2. The molecule has 4 heteroatoms. The lowest BCUT2D eigenvalue weighted by Gasteiger charge is -2.13. The van der Waals surface area contributed by atoms with Crippen molar-refractivity contribution in [3.8, 4) is 0 Å². The van der Waals surface area contributed by atoms with Gasteiger partial charge in [0.05, 0.1) is 5.69 Å². The highest BCUT2D eigenvalue weighted by Gasteiger charge is 2.20. The number of anilines is 1. The van der Waals surface area contributed by atoms with Gasteiger partial charge in [-0.3, -0.25) is 0 Å². The zero-order valence-corrected chi connectivity index (χ0v) is 10.1. The lowest BCUT2D eigenvalue weighted by molar-refractivity contribution is 0.599. The first-order valence-corrected chi connectivity index (χ1v) is 6.64. The number of hydrogen-bond acceptors (Lipinski definition) is 4. The van der Waals surface area contributed by atoms with Crippen molar-refractivity contribution in [2.45, 2.75) is 44.1 Å². The van der Waals surface area contributed by atoms with Gasteiger partial charge in [-0.05, 0) is 12.8 Å². The van der Waals surface area contributed by atoms with Gasteiger partial charge < -0.3 is 5.73 Å². The zero-order valence-electron chi connectivity index (χ0n) is 9.29. The van der Waals surface area contributed by atoms with Gasteiger partial charge in [0.15, 0.2) is 0 Å². The molecule has 0 radical (unpaired) electrons. The Hall–Kier alpha value is -0.770. The Bertz CT molecular complexity index is 361. The highest BCUT2D eigenvalue weighted by Crippen LogP contribution is 2.33. The molecule has 0 aliphatic carbocycles. The Kier molecular flexibility index (Phi) is 3.14. The first-order valence-electron chi connectivity index (χ1n) is 5.49. The highest BCUT2D eigenvalue weighted by molar-refractivity contribution is 7.98. The number of thioether (sulfide) groups is 1. The van der Waals surface area contributed by atoms with Crippen LogP contribution in [-0.2, 0) is 11.5 Å². The fourth-order valence-corrected chi connectivity index (χ4v) is 2.99. The molecule has 1 aromatic heterocycles. The minimum absolute atomic E-state index is 0.461. The summed E-state index contributed by atoms with van der Waals surface area (Å²) in [6, 6.07) is 0. The van der Waals surface area contributed by atoms with Gasteiger partial charge in [-0.1, -0.05) is 13.8 Å². The average Bonchev–Trinajstić information content (AvgIpc) is 2.68. The summed E-state index contributed by atoms with van der Waals surface area (Å²) in [7, 11) is 0. The molecule has 2 N–H and O–H groups in total. The molecule has 0 fully saturated rings. The molecule has 0 atom stereocenters.